The number of hydrogen-bond donors (Lipinski definition) is 1. The highest BCUT2D eigenvalue weighted by atomic mass is 15.1. The molecule has 1 aliphatic rings. The molecule has 0 amide bonds. The summed E-state index contributed by atoms with van der Waals surface area (Å²) in [7, 11) is 0. The van der Waals surface area contributed by atoms with Gasteiger partial charge in [-0.1, -0.05) is 25.3 Å². The Morgan fingerprint density at radius 1 is 1.31 bits per heavy atom. The molecule has 4 nitrogen and oxygen atoms in total. The Morgan fingerprint density at radius 2 is 2.12 bits per heavy atom. The molecule has 2 rings (SSSR count). The molecule has 1 heterocycles. The molecule has 1 aromatic heterocycles. The number of nitrogens with zero attached hydrogens (tertiary/aromatic N) is 3. The van der Waals surface area contributed by atoms with Gasteiger partial charge in [0.1, 0.15) is 12.2 Å². The zero-order valence-corrected chi connectivity index (χ0v) is 9.52. The van der Waals surface area contributed by atoms with Crippen LogP contribution in [0.25, 0.3) is 0 Å². The summed E-state index contributed by atoms with van der Waals surface area (Å²) in [5, 5.41) is 3.09. The van der Waals surface area contributed by atoms with Crippen molar-refractivity contribution >= 4 is 5.95 Å². The molecule has 1 aromatic rings. The lowest BCUT2D eigenvalue weighted by Crippen LogP contribution is -2.11. The lowest BCUT2D eigenvalue weighted by atomic mass is 9.89. The van der Waals surface area contributed by atoms with E-state index in [0.29, 0.717) is 18.4 Å². The maximum absolute atomic E-state index is 4.45. The molecular weight excluding hydrogens is 200 g/mol. The molecule has 0 radical (unpaired) electrons. The van der Waals surface area contributed by atoms with Crippen LogP contribution in [0.2, 0.25) is 0 Å². The van der Waals surface area contributed by atoms with Crippen molar-refractivity contribution in [2.75, 3.05) is 11.9 Å². The van der Waals surface area contributed by atoms with Gasteiger partial charge in [-0.2, -0.15) is 4.98 Å². The molecule has 4 heteroatoms. The lowest BCUT2D eigenvalue weighted by Gasteiger charge is -2.20. The molecule has 0 bridgehead atoms. The van der Waals surface area contributed by atoms with E-state index in [9.17, 15) is 0 Å². The summed E-state index contributed by atoms with van der Waals surface area (Å²) in [6.45, 7) is 4.34. The van der Waals surface area contributed by atoms with Crippen molar-refractivity contribution in [3.63, 3.8) is 0 Å². The summed E-state index contributed by atoms with van der Waals surface area (Å²) >= 11 is 0. The fraction of sp³-hybridized carbons (Fsp3) is 0.583. The van der Waals surface area contributed by atoms with Crippen LogP contribution >= 0.6 is 0 Å². The number of hydrogen-bond acceptors (Lipinski definition) is 4. The Labute approximate surface area is 96.2 Å². The predicted octanol–water partition coefficient (Wildman–Crippen LogP) is 2.52. The zero-order chi connectivity index (χ0) is 11.2. The second-order valence-corrected chi connectivity index (χ2v) is 4.17. The minimum atomic E-state index is 0.529. The van der Waals surface area contributed by atoms with Crippen molar-refractivity contribution in [3.05, 3.63) is 24.8 Å². The normalized spacial score (nSPS) is 17.0. The van der Waals surface area contributed by atoms with E-state index in [1.54, 1.807) is 12.4 Å². The number of rotatable bonds is 4. The summed E-state index contributed by atoms with van der Waals surface area (Å²) in [6, 6.07) is 0. The monoisotopic (exact) mass is 218 g/mol. The van der Waals surface area contributed by atoms with Gasteiger partial charge in [-0.15, -0.1) is 6.58 Å². The van der Waals surface area contributed by atoms with Crippen molar-refractivity contribution < 1.29 is 0 Å². The maximum atomic E-state index is 4.45. The van der Waals surface area contributed by atoms with Crippen LogP contribution in [0.3, 0.4) is 0 Å². The third-order valence-electron chi connectivity index (χ3n) is 2.97. The molecule has 1 fully saturated rings. The average Bonchev–Trinajstić information content (AvgIpc) is 2.38. The summed E-state index contributed by atoms with van der Waals surface area (Å²) in [4.78, 5) is 12.8. The molecule has 0 aromatic carbocycles. The Balaban J connectivity index is 2.05. The summed E-state index contributed by atoms with van der Waals surface area (Å²) in [5.74, 6) is 2.14. The van der Waals surface area contributed by atoms with Crippen molar-refractivity contribution in [1.82, 2.24) is 15.0 Å². The predicted molar refractivity (Wildman–Crippen MR) is 64.3 cm³/mol. The van der Waals surface area contributed by atoms with Crippen LogP contribution in [0, 0.1) is 0 Å². The Morgan fingerprint density at radius 3 is 2.88 bits per heavy atom. The zero-order valence-electron chi connectivity index (χ0n) is 9.52. The average molecular weight is 218 g/mol. The molecule has 0 spiro atoms. The fourth-order valence-corrected chi connectivity index (χ4v) is 2.12. The standard InChI is InChI=1S/C12H18N4/c1-2-8-13-12-15-9-14-11(16-12)10-6-4-3-5-7-10/h2,9-10H,1,3-8H2,(H,13,14,15,16). The van der Waals surface area contributed by atoms with Crippen LogP contribution in [-0.2, 0) is 0 Å². The number of aromatic nitrogens is 3. The molecular formula is C12H18N4. The summed E-state index contributed by atoms with van der Waals surface area (Å²) < 4.78 is 0. The van der Waals surface area contributed by atoms with E-state index in [1.165, 1.54) is 32.1 Å². The van der Waals surface area contributed by atoms with Crippen LogP contribution < -0.4 is 5.32 Å². The van der Waals surface area contributed by atoms with Gasteiger partial charge >= 0.3 is 0 Å². The van der Waals surface area contributed by atoms with Gasteiger partial charge in [0.05, 0.1) is 0 Å². The minimum Gasteiger partial charge on any atom is -0.351 e. The van der Waals surface area contributed by atoms with Gasteiger partial charge < -0.3 is 5.32 Å². The first-order valence-corrected chi connectivity index (χ1v) is 5.94. The van der Waals surface area contributed by atoms with Gasteiger partial charge in [0.15, 0.2) is 0 Å². The number of nitrogens with one attached hydrogen (secondary N) is 1. The minimum absolute atomic E-state index is 0.529. The Kier molecular flexibility index (Phi) is 3.86. The van der Waals surface area contributed by atoms with Crippen molar-refractivity contribution in [2.45, 2.75) is 38.0 Å². The van der Waals surface area contributed by atoms with Gasteiger partial charge in [0, 0.05) is 12.5 Å². The van der Waals surface area contributed by atoms with Gasteiger partial charge in [-0.25, -0.2) is 9.97 Å². The highest BCUT2D eigenvalue weighted by molar-refractivity contribution is 5.24. The van der Waals surface area contributed by atoms with E-state index in [2.05, 4.69) is 26.8 Å². The third kappa shape index (κ3) is 2.78. The number of anilines is 1. The lowest BCUT2D eigenvalue weighted by molar-refractivity contribution is 0.428. The van der Waals surface area contributed by atoms with Gasteiger partial charge in [0.2, 0.25) is 5.95 Å². The van der Waals surface area contributed by atoms with Crippen LogP contribution in [0.15, 0.2) is 19.0 Å². The summed E-state index contributed by atoms with van der Waals surface area (Å²) in [5.41, 5.74) is 0. The quantitative estimate of drug-likeness (QED) is 0.789. The first kappa shape index (κ1) is 11.0. The van der Waals surface area contributed by atoms with Crippen molar-refractivity contribution in [3.8, 4) is 0 Å². The first-order valence-electron chi connectivity index (χ1n) is 5.94. The summed E-state index contributed by atoms with van der Waals surface area (Å²) in [6.07, 6.45) is 9.77. The van der Waals surface area contributed by atoms with Gasteiger partial charge in [0.25, 0.3) is 0 Å². The van der Waals surface area contributed by atoms with Crippen LogP contribution in [0.1, 0.15) is 43.8 Å². The smallest absolute Gasteiger partial charge is 0.226 e. The Hall–Kier alpha value is -1.45. The van der Waals surface area contributed by atoms with Gasteiger partial charge in [-0.05, 0) is 12.8 Å². The van der Waals surface area contributed by atoms with Gasteiger partial charge in [-0.3, -0.25) is 0 Å². The second-order valence-electron chi connectivity index (χ2n) is 4.17. The van der Waals surface area contributed by atoms with Crippen molar-refractivity contribution in [2.24, 2.45) is 0 Å². The highest BCUT2D eigenvalue weighted by Crippen LogP contribution is 2.30. The van der Waals surface area contributed by atoms with Crippen LogP contribution in [-0.4, -0.2) is 21.5 Å². The fourth-order valence-electron chi connectivity index (χ4n) is 2.12. The topological polar surface area (TPSA) is 50.7 Å². The molecule has 16 heavy (non-hydrogen) atoms. The molecule has 0 atom stereocenters. The molecule has 0 unspecified atom stereocenters. The largest absolute Gasteiger partial charge is 0.351 e. The Bertz CT molecular complexity index is 345. The highest BCUT2D eigenvalue weighted by Gasteiger charge is 2.18. The van der Waals surface area contributed by atoms with Crippen LogP contribution in [0.4, 0.5) is 5.95 Å². The van der Waals surface area contributed by atoms with E-state index in [4.69, 9.17) is 0 Å². The molecule has 86 valence electrons. The van der Waals surface area contributed by atoms with E-state index in [0.717, 1.165) is 5.82 Å². The molecule has 0 saturated heterocycles. The van der Waals surface area contributed by atoms with E-state index in [1.807, 2.05) is 0 Å². The molecule has 0 aliphatic heterocycles. The van der Waals surface area contributed by atoms with Crippen molar-refractivity contribution in [1.29, 1.82) is 0 Å². The molecule has 1 saturated carbocycles. The van der Waals surface area contributed by atoms with E-state index in [-0.39, 0.29) is 0 Å². The van der Waals surface area contributed by atoms with E-state index < -0.39 is 0 Å². The molecule has 1 N–H and O–H groups in total. The van der Waals surface area contributed by atoms with Crippen LogP contribution in [0.5, 0.6) is 0 Å². The first-order chi connectivity index (χ1) is 7.90. The molecule has 1 aliphatic carbocycles. The second kappa shape index (κ2) is 5.58. The third-order valence-corrected chi connectivity index (χ3v) is 2.97. The SMILES string of the molecule is C=CCNc1ncnc(C2CCCCC2)n1. The van der Waals surface area contributed by atoms with E-state index >= 15 is 0 Å². The maximum Gasteiger partial charge on any atom is 0.226 e.